The Balaban J connectivity index is 0. The molecule has 0 N–H and O–H groups in total. The maximum Gasteiger partial charge on any atom is 0.0785 e. The maximum absolute atomic E-state index is 9.50. The first kappa shape index (κ1) is 14.9. The van der Waals surface area contributed by atoms with Gasteiger partial charge in [-0.2, -0.15) is 0 Å². The molecule has 1 aromatic rings. The summed E-state index contributed by atoms with van der Waals surface area (Å²) in [6.07, 6.45) is 5.11. The SMILES string of the molecule is C=CC=C.C=Cc1ccccc1.CF. The molecule has 0 spiro atoms. The molecule has 1 rings (SSSR count). The second-order valence-corrected chi connectivity index (χ2v) is 2.09. The minimum atomic E-state index is 0.500. The third-order valence-electron chi connectivity index (χ3n) is 1.20. The van der Waals surface area contributed by atoms with E-state index in [1.165, 1.54) is 5.56 Å². The van der Waals surface area contributed by atoms with Crippen molar-refractivity contribution in [3.63, 3.8) is 0 Å². The van der Waals surface area contributed by atoms with Gasteiger partial charge in [0.2, 0.25) is 0 Å². The summed E-state index contributed by atoms with van der Waals surface area (Å²) in [6.45, 7) is 10.4. The van der Waals surface area contributed by atoms with Gasteiger partial charge in [-0.3, -0.25) is 4.39 Å². The molecule has 0 nitrogen and oxygen atoms in total. The smallest absolute Gasteiger partial charge is 0.0785 e. The van der Waals surface area contributed by atoms with E-state index in [4.69, 9.17) is 0 Å². The molecule has 0 fully saturated rings. The largest absolute Gasteiger partial charge is 0.255 e. The van der Waals surface area contributed by atoms with Gasteiger partial charge in [0.1, 0.15) is 0 Å². The second-order valence-electron chi connectivity index (χ2n) is 2.09. The van der Waals surface area contributed by atoms with Crippen molar-refractivity contribution in [1.82, 2.24) is 0 Å². The number of benzene rings is 1. The Hall–Kier alpha value is -1.63. The van der Waals surface area contributed by atoms with Crippen LogP contribution in [0.1, 0.15) is 5.56 Å². The molecule has 14 heavy (non-hydrogen) atoms. The second kappa shape index (κ2) is 13.9. The van der Waals surface area contributed by atoms with Crippen molar-refractivity contribution in [2.75, 3.05) is 7.18 Å². The average Bonchev–Trinajstić information content (AvgIpc) is 2.33. The van der Waals surface area contributed by atoms with Crippen molar-refractivity contribution in [1.29, 1.82) is 0 Å². The van der Waals surface area contributed by atoms with Gasteiger partial charge < -0.3 is 0 Å². The van der Waals surface area contributed by atoms with E-state index in [0.29, 0.717) is 7.18 Å². The highest BCUT2D eigenvalue weighted by molar-refractivity contribution is 5.45. The zero-order valence-corrected chi connectivity index (χ0v) is 8.62. The molecular weight excluding hydrogens is 175 g/mol. The Morgan fingerprint density at radius 1 is 0.929 bits per heavy atom. The molecule has 0 unspecified atom stereocenters. The van der Waals surface area contributed by atoms with E-state index in [-0.39, 0.29) is 0 Å². The van der Waals surface area contributed by atoms with Crippen LogP contribution in [0.4, 0.5) is 4.39 Å². The van der Waals surface area contributed by atoms with Gasteiger partial charge in [-0.1, -0.05) is 68.3 Å². The molecule has 0 saturated heterocycles. The van der Waals surface area contributed by atoms with Crippen LogP contribution in [0.2, 0.25) is 0 Å². The summed E-state index contributed by atoms with van der Waals surface area (Å²) in [4.78, 5) is 0. The lowest BCUT2D eigenvalue weighted by Gasteiger charge is -1.85. The standard InChI is InChI=1S/C8H8.C4H6.CH3F/c1-2-8-6-4-3-5-7-8;1-3-4-2;1-2/h2-7H,1H2;3-4H,1-2H2;1H3. The van der Waals surface area contributed by atoms with E-state index in [2.05, 4.69) is 19.7 Å². The summed E-state index contributed by atoms with van der Waals surface area (Å²) in [5.41, 5.74) is 1.17. The van der Waals surface area contributed by atoms with Crippen LogP contribution < -0.4 is 0 Å². The zero-order chi connectivity index (χ0) is 11.2. The van der Waals surface area contributed by atoms with Crippen LogP contribution in [-0.4, -0.2) is 7.18 Å². The molecule has 0 aliphatic rings. The molecule has 0 aromatic heterocycles. The summed E-state index contributed by atoms with van der Waals surface area (Å²) in [5, 5.41) is 0. The van der Waals surface area contributed by atoms with E-state index < -0.39 is 0 Å². The highest BCUT2D eigenvalue weighted by atomic mass is 19.1. The topological polar surface area (TPSA) is 0 Å². The Bertz CT molecular complexity index is 231. The quantitative estimate of drug-likeness (QED) is 0.614. The zero-order valence-electron chi connectivity index (χ0n) is 8.62. The third kappa shape index (κ3) is 10.4. The highest BCUT2D eigenvalue weighted by Crippen LogP contribution is 1.97. The summed E-state index contributed by atoms with van der Waals surface area (Å²) in [7, 11) is 0.500. The molecule has 0 bridgehead atoms. The van der Waals surface area contributed by atoms with Gasteiger partial charge in [0.15, 0.2) is 0 Å². The van der Waals surface area contributed by atoms with Crippen molar-refractivity contribution in [2.24, 2.45) is 0 Å². The van der Waals surface area contributed by atoms with Gasteiger partial charge in [0.25, 0.3) is 0 Å². The van der Waals surface area contributed by atoms with Gasteiger partial charge in [0, 0.05) is 0 Å². The Morgan fingerprint density at radius 3 is 1.57 bits per heavy atom. The molecule has 0 aliphatic heterocycles. The lowest BCUT2D eigenvalue weighted by atomic mass is 10.2. The number of halogens is 1. The van der Waals surface area contributed by atoms with Crippen molar-refractivity contribution in [3.8, 4) is 0 Å². The Kier molecular flexibility index (Phi) is 14.8. The molecule has 0 amide bonds. The molecule has 0 atom stereocenters. The fourth-order valence-corrected chi connectivity index (χ4v) is 0.589. The lowest BCUT2D eigenvalue weighted by Crippen LogP contribution is -1.63. The minimum absolute atomic E-state index is 0.500. The van der Waals surface area contributed by atoms with E-state index >= 15 is 0 Å². The normalized spacial score (nSPS) is 6.71. The number of hydrogen-bond acceptors (Lipinski definition) is 0. The molecule has 0 aliphatic carbocycles. The number of hydrogen-bond donors (Lipinski definition) is 0. The van der Waals surface area contributed by atoms with Gasteiger partial charge >= 0.3 is 0 Å². The molecule has 1 aromatic carbocycles. The molecule has 76 valence electrons. The number of allylic oxidation sites excluding steroid dienone is 2. The Morgan fingerprint density at radius 2 is 1.36 bits per heavy atom. The number of rotatable bonds is 2. The average molecular weight is 192 g/mol. The monoisotopic (exact) mass is 192 g/mol. The van der Waals surface area contributed by atoms with Crippen LogP contribution in [0.25, 0.3) is 6.08 Å². The first-order chi connectivity index (χ1) is 6.85. The first-order valence-corrected chi connectivity index (χ1v) is 4.14. The molecular formula is C13H17F. The van der Waals surface area contributed by atoms with Crippen LogP contribution in [0.3, 0.4) is 0 Å². The first-order valence-electron chi connectivity index (χ1n) is 4.14. The van der Waals surface area contributed by atoms with Crippen LogP contribution >= 0.6 is 0 Å². The minimum Gasteiger partial charge on any atom is -0.255 e. The third-order valence-corrected chi connectivity index (χ3v) is 1.20. The molecule has 1 heteroatoms. The van der Waals surface area contributed by atoms with Crippen molar-refractivity contribution >= 4 is 6.08 Å². The molecule has 0 heterocycles. The van der Waals surface area contributed by atoms with Gasteiger partial charge in [-0.05, 0) is 5.56 Å². The van der Waals surface area contributed by atoms with Crippen LogP contribution in [-0.2, 0) is 0 Å². The van der Waals surface area contributed by atoms with E-state index in [1.807, 2.05) is 36.4 Å². The van der Waals surface area contributed by atoms with Crippen molar-refractivity contribution in [3.05, 3.63) is 67.8 Å². The predicted molar refractivity (Wildman–Crippen MR) is 64.0 cm³/mol. The molecule has 0 saturated carbocycles. The fourth-order valence-electron chi connectivity index (χ4n) is 0.589. The summed E-state index contributed by atoms with van der Waals surface area (Å²) < 4.78 is 9.50. The van der Waals surface area contributed by atoms with E-state index in [0.717, 1.165) is 0 Å². The summed E-state index contributed by atoms with van der Waals surface area (Å²) >= 11 is 0. The number of alkyl halides is 1. The van der Waals surface area contributed by atoms with E-state index in [9.17, 15) is 4.39 Å². The van der Waals surface area contributed by atoms with Gasteiger partial charge in [0.05, 0.1) is 7.18 Å². The van der Waals surface area contributed by atoms with Crippen LogP contribution in [0.15, 0.2) is 62.2 Å². The molecule has 0 radical (unpaired) electrons. The van der Waals surface area contributed by atoms with Gasteiger partial charge in [-0.25, -0.2) is 0 Å². The highest BCUT2D eigenvalue weighted by Gasteiger charge is 1.75. The lowest BCUT2D eigenvalue weighted by molar-refractivity contribution is 0.636. The summed E-state index contributed by atoms with van der Waals surface area (Å²) in [6, 6.07) is 10.0. The predicted octanol–water partition coefficient (Wildman–Crippen LogP) is 4.27. The van der Waals surface area contributed by atoms with Crippen molar-refractivity contribution in [2.45, 2.75) is 0 Å². The van der Waals surface area contributed by atoms with Crippen LogP contribution in [0, 0.1) is 0 Å². The Labute approximate surface area is 86.1 Å². The van der Waals surface area contributed by atoms with Crippen LogP contribution in [0.5, 0.6) is 0 Å². The van der Waals surface area contributed by atoms with Gasteiger partial charge in [-0.15, -0.1) is 0 Å². The van der Waals surface area contributed by atoms with Crippen molar-refractivity contribution < 1.29 is 4.39 Å². The fraction of sp³-hybridized carbons (Fsp3) is 0.0769. The summed E-state index contributed by atoms with van der Waals surface area (Å²) in [5.74, 6) is 0. The maximum atomic E-state index is 9.50. The van der Waals surface area contributed by atoms with E-state index in [1.54, 1.807) is 12.2 Å².